The molecule has 2 N–H and O–H groups in total. The molecule has 6 heteroatoms. The van der Waals surface area contributed by atoms with Gasteiger partial charge in [-0.05, 0) is 24.8 Å². The second-order valence-electron chi connectivity index (χ2n) is 6.08. The molecule has 0 bridgehead atoms. The van der Waals surface area contributed by atoms with Crippen molar-refractivity contribution in [3.8, 4) is 0 Å². The summed E-state index contributed by atoms with van der Waals surface area (Å²) in [5, 5.41) is 0.504. The lowest BCUT2D eigenvalue weighted by atomic mass is 9.88. The summed E-state index contributed by atoms with van der Waals surface area (Å²) in [6, 6.07) is 0. The standard InChI is InChI=1S/C16H22N2O3S/c1-21-16(20)13-11-7-8-18(9-12(11)22-14(13)17)15(19)10-5-3-2-4-6-10/h10H,2-9,17H2,1H3. The van der Waals surface area contributed by atoms with Crippen molar-refractivity contribution in [3.63, 3.8) is 0 Å². The van der Waals surface area contributed by atoms with Crippen molar-refractivity contribution in [1.82, 2.24) is 4.90 Å². The Labute approximate surface area is 134 Å². The third-order valence-corrected chi connectivity index (χ3v) is 5.79. The molecule has 0 unspecified atom stereocenters. The summed E-state index contributed by atoms with van der Waals surface area (Å²) >= 11 is 1.41. The molecule has 1 fully saturated rings. The van der Waals surface area contributed by atoms with Crippen LogP contribution in [0.4, 0.5) is 5.00 Å². The monoisotopic (exact) mass is 322 g/mol. The van der Waals surface area contributed by atoms with E-state index in [2.05, 4.69) is 0 Å². The molecule has 1 amide bonds. The van der Waals surface area contributed by atoms with E-state index in [0.29, 0.717) is 30.1 Å². The van der Waals surface area contributed by atoms with Crippen LogP contribution in [0, 0.1) is 5.92 Å². The quantitative estimate of drug-likeness (QED) is 0.849. The van der Waals surface area contributed by atoms with Gasteiger partial charge in [0.25, 0.3) is 0 Å². The predicted octanol–water partition coefficient (Wildman–Crippen LogP) is 2.58. The number of fused-ring (bicyclic) bond motifs is 1. The highest BCUT2D eigenvalue weighted by Gasteiger charge is 2.32. The van der Waals surface area contributed by atoms with E-state index in [0.717, 1.165) is 36.1 Å². The summed E-state index contributed by atoms with van der Waals surface area (Å²) < 4.78 is 4.82. The van der Waals surface area contributed by atoms with E-state index in [4.69, 9.17) is 10.5 Å². The number of methoxy groups -OCH3 is 1. The van der Waals surface area contributed by atoms with Crippen molar-refractivity contribution in [2.75, 3.05) is 19.4 Å². The lowest BCUT2D eigenvalue weighted by molar-refractivity contribution is -0.137. The molecule has 0 aromatic carbocycles. The third-order valence-electron chi connectivity index (χ3n) is 4.74. The molecule has 22 heavy (non-hydrogen) atoms. The van der Waals surface area contributed by atoms with Crippen LogP contribution in [0.2, 0.25) is 0 Å². The van der Waals surface area contributed by atoms with Crippen LogP contribution in [0.1, 0.15) is 52.9 Å². The fourth-order valence-corrected chi connectivity index (χ4v) is 4.67. The average molecular weight is 322 g/mol. The van der Waals surface area contributed by atoms with Gasteiger partial charge in [0.15, 0.2) is 0 Å². The summed E-state index contributed by atoms with van der Waals surface area (Å²) in [4.78, 5) is 27.5. The summed E-state index contributed by atoms with van der Waals surface area (Å²) in [5.74, 6) is 0.0895. The molecule has 0 radical (unpaired) electrons. The zero-order valence-corrected chi connectivity index (χ0v) is 13.7. The molecule has 5 nitrogen and oxygen atoms in total. The Hall–Kier alpha value is -1.56. The molecular formula is C16H22N2O3S. The number of rotatable bonds is 2. The van der Waals surface area contributed by atoms with Crippen molar-refractivity contribution in [2.45, 2.75) is 45.1 Å². The fraction of sp³-hybridized carbons (Fsp3) is 0.625. The Balaban J connectivity index is 1.77. The van der Waals surface area contributed by atoms with E-state index in [1.165, 1.54) is 24.9 Å². The SMILES string of the molecule is COC(=O)c1c(N)sc2c1CCN(C(=O)C1CCCCC1)C2. The van der Waals surface area contributed by atoms with Crippen molar-refractivity contribution in [2.24, 2.45) is 5.92 Å². The Bertz CT molecular complexity index is 590. The summed E-state index contributed by atoms with van der Waals surface area (Å²) in [6.07, 6.45) is 6.29. The van der Waals surface area contributed by atoms with E-state index in [-0.39, 0.29) is 17.8 Å². The first-order valence-electron chi connectivity index (χ1n) is 7.89. The van der Waals surface area contributed by atoms with Crippen LogP contribution in [0.5, 0.6) is 0 Å². The number of esters is 1. The highest BCUT2D eigenvalue weighted by Crippen LogP contribution is 2.36. The van der Waals surface area contributed by atoms with Gasteiger partial charge < -0.3 is 15.4 Å². The van der Waals surface area contributed by atoms with Gasteiger partial charge in [-0.15, -0.1) is 11.3 Å². The maximum Gasteiger partial charge on any atom is 0.341 e. The number of hydrogen-bond donors (Lipinski definition) is 1. The van der Waals surface area contributed by atoms with Crippen molar-refractivity contribution in [3.05, 3.63) is 16.0 Å². The highest BCUT2D eigenvalue weighted by molar-refractivity contribution is 7.16. The van der Waals surface area contributed by atoms with Crippen molar-refractivity contribution >= 4 is 28.2 Å². The van der Waals surface area contributed by atoms with Crippen LogP contribution in [-0.4, -0.2) is 30.4 Å². The van der Waals surface area contributed by atoms with E-state index >= 15 is 0 Å². The number of thiophene rings is 1. The summed E-state index contributed by atoms with van der Waals surface area (Å²) in [5.41, 5.74) is 7.46. The number of nitrogens with two attached hydrogens (primary N) is 1. The summed E-state index contributed by atoms with van der Waals surface area (Å²) in [6.45, 7) is 1.25. The lowest BCUT2D eigenvalue weighted by Crippen LogP contribution is -2.40. The van der Waals surface area contributed by atoms with E-state index in [1.807, 2.05) is 4.90 Å². The van der Waals surface area contributed by atoms with E-state index in [1.54, 1.807) is 0 Å². The number of carbonyl (C=O) groups excluding carboxylic acids is 2. The maximum absolute atomic E-state index is 12.7. The van der Waals surface area contributed by atoms with Gasteiger partial charge in [-0.3, -0.25) is 4.79 Å². The smallest absolute Gasteiger partial charge is 0.341 e. The van der Waals surface area contributed by atoms with Gasteiger partial charge in [-0.25, -0.2) is 4.79 Å². The average Bonchev–Trinajstić information content (AvgIpc) is 2.89. The zero-order chi connectivity index (χ0) is 15.7. The number of hydrogen-bond acceptors (Lipinski definition) is 5. The van der Waals surface area contributed by atoms with Crippen molar-refractivity contribution in [1.29, 1.82) is 0 Å². The number of nitrogen functional groups attached to an aromatic ring is 1. The van der Waals surface area contributed by atoms with Crippen molar-refractivity contribution < 1.29 is 14.3 Å². The molecular weight excluding hydrogens is 300 g/mol. The highest BCUT2D eigenvalue weighted by atomic mass is 32.1. The van der Waals surface area contributed by atoms with E-state index < -0.39 is 0 Å². The van der Waals surface area contributed by atoms with Gasteiger partial charge in [-0.1, -0.05) is 19.3 Å². The molecule has 0 spiro atoms. The molecule has 2 aliphatic rings. The minimum absolute atomic E-state index is 0.188. The molecule has 120 valence electrons. The predicted molar refractivity (Wildman–Crippen MR) is 85.8 cm³/mol. The van der Waals surface area contributed by atoms with Gasteiger partial charge >= 0.3 is 5.97 Å². The second kappa shape index (κ2) is 6.28. The Morgan fingerprint density at radius 3 is 2.68 bits per heavy atom. The Kier molecular flexibility index (Phi) is 4.38. The normalized spacial score (nSPS) is 18.9. The van der Waals surface area contributed by atoms with Crippen LogP contribution >= 0.6 is 11.3 Å². The van der Waals surface area contributed by atoms with Gasteiger partial charge in [0.2, 0.25) is 5.91 Å². The van der Waals surface area contributed by atoms with Gasteiger partial charge in [0.05, 0.1) is 19.2 Å². The molecule has 3 rings (SSSR count). The topological polar surface area (TPSA) is 72.6 Å². The van der Waals surface area contributed by atoms with Crippen LogP contribution in [-0.2, 0) is 22.5 Å². The Morgan fingerprint density at radius 2 is 2.00 bits per heavy atom. The molecule has 0 atom stereocenters. The summed E-state index contributed by atoms with van der Waals surface area (Å²) in [7, 11) is 1.37. The number of nitrogens with zero attached hydrogens (tertiary/aromatic N) is 1. The number of carbonyl (C=O) groups is 2. The zero-order valence-electron chi connectivity index (χ0n) is 12.9. The number of ether oxygens (including phenoxy) is 1. The van der Waals surface area contributed by atoms with Crippen LogP contribution in [0.3, 0.4) is 0 Å². The van der Waals surface area contributed by atoms with Gasteiger partial charge in [0.1, 0.15) is 5.00 Å². The number of anilines is 1. The van der Waals surface area contributed by atoms with Gasteiger partial charge in [-0.2, -0.15) is 0 Å². The fourth-order valence-electron chi connectivity index (χ4n) is 3.55. The van der Waals surface area contributed by atoms with Crippen LogP contribution < -0.4 is 5.73 Å². The largest absolute Gasteiger partial charge is 0.465 e. The van der Waals surface area contributed by atoms with Gasteiger partial charge in [0, 0.05) is 17.3 Å². The van der Waals surface area contributed by atoms with E-state index in [9.17, 15) is 9.59 Å². The molecule has 1 saturated carbocycles. The van der Waals surface area contributed by atoms with Crippen LogP contribution in [0.15, 0.2) is 0 Å². The molecule has 1 aromatic rings. The molecule has 1 aliphatic carbocycles. The first kappa shape index (κ1) is 15.3. The third kappa shape index (κ3) is 2.72. The first-order valence-corrected chi connectivity index (χ1v) is 8.70. The molecule has 1 aliphatic heterocycles. The number of amides is 1. The molecule has 1 aromatic heterocycles. The maximum atomic E-state index is 12.7. The minimum atomic E-state index is -0.373. The molecule has 0 saturated heterocycles. The first-order chi connectivity index (χ1) is 10.6. The lowest BCUT2D eigenvalue weighted by Gasteiger charge is -2.32. The molecule has 2 heterocycles. The second-order valence-corrected chi connectivity index (χ2v) is 7.22. The Morgan fingerprint density at radius 1 is 1.27 bits per heavy atom. The minimum Gasteiger partial charge on any atom is -0.465 e. The van der Waals surface area contributed by atoms with Crippen LogP contribution in [0.25, 0.3) is 0 Å².